The van der Waals surface area contributed by atoms with E-state index in [0.717, 1.165) is 4.90 Å². The number of thioether (sulfide) groups is 1. The SMILES string of the molecule is CC(C)C(C)Sc1ccc(N)c(C#N)c1. The smallest absolute Gasteiger partial charge is 0.101 e. The molecule has 1 rings (SSSR count). The monoisotopic (exact) mass is 220 g/mol. The lowest BCUT2D eigenvalue weighted by molar-refractivity contribution is 0.642. The molecule has 0 radical (unpaired) electrons. The third-order valence-electron chi connectivity index (χ3n) is 2.41. The number of nitrogens with two attached hydrogens (primary N) is 1. The van der Waals surface area contributed by atoms with Crippen molar-refractivity contribution in [2.45, 2.75) is 30.9 Å². The van der Waals surface area contributed by atoms with Crippen molar-refractivity contribution in [3.63, 3.8) is 0 Å². The van der Waals surface area contributed by atoms with Crippen LogP contribution in [0.3, 0.4) is 0 Å². The van der Waals surface area contributed by atoms with Crippen molar-refractivity contribution in [2.24, 2.45) is 5.92 Å². The zero-order valence-electron chi connectivity index (χ0n) is 9.32. The standard InChI is InChI=1S/C12H16N2S/c1-8(2)9(3)15-11-4-5-12(14)10(6-11)7-13/h4-6,8-9H,14H2,1-3H3. The molecule has 0 saturated carbocycles. The zero-order valence-corrected chi connectivity index (χ0v) is 10.1. The minimum absolute atomic E-state index is 0.542. The van der Waals surface area contributed by atoms with Gasteiger partial charge in [0.05, 0.1) is 5.56 Å². The maximum atomic E-state index is 8.85. The van der Waals surface area contributed by atoms with Crippen molar-refractivity contribution in [2.75, 3.05) is 5.73 Å². The van der Waals surface area contributed by atoms with E-state index in [2.05, 4.69) is 26.8 Å². The molecule has 1 aromatic rings. The molecule has 15 heavy (non-hydrogen) atoms. The van der Waals surface area contributed by atoms with Gasteiger partial charge in [0.2, 0.25) is 0 Å². The van der Waals surface area contributed by atoms with Gasteiger partial charge in [-0.25, -0.2) is 0 Å². The molecule has 0 aromatic heterocycles. The molecular weight excluding hydrogens is 204 g/mol. The van der Waals surface area contributed by atoms with Crippen LogP contribution in [0, 0.1) is 17.2 Å². The second kappa shape index (κ2) is 5.09. The number of nitrogen functional groups attached to an aromatic ring is 1. The lowest BCUT2D eigenvalue weighted by Gasteiger charge is -2.15. The minimum atomic E-state index is 0.542. The molecule has 0 saturated heterocycles. The van der Waals surface area contributed by atoms with E-state index in [1.165, 1.54) is 0 Å². The first-order chi connectivity index (χ1) is 7.04. The van der Waals surface area contributed by atoms with Crippen LogP contribution in [0.25, 0.3) is 0 Å². The van der Waals surface area contributed by atoms with Crippen LogP contribution in [0.2, 0.25) is 0 Å². The van der Waals surface area contributed by atoms with Crippen LogP contribution in [-0.4, -0.2) is 5.25 Å². The van der Waals surface area contributed by atoms with Gasteiger partial charge in [-0.2, -0.15) is 5.26 Å². The molecule has 2 nitrogen and oxygen atoms in total. The van der Waals surface area contributed by atoms with Gasteiger partial charge in [0.25, 0.3) is 0 Å². The van der Waals surface area contributed by atoms with E-state index in [1.807, 2.05) is 12.1 Å². The van der Waals surface area contributed by atoms with Crippen molar-refractivity contribution in [3.05, 3.63) is 23.8 Å². The van der Waals surface area contributed by atoms with Crippen molar-refractivity contribution in [3.8, 4) is 6.07 Å². The Morgan fingerprint density at radius 1 is 1.33 bits per heavy atom. The van der Waals surface area contributed by atoms with Crippen LogP contribution >= 0.6 is 11.8 Å². The lowest BCUT2D eigenvalue weighted by atomic mass is 10.2. The summed E-state index contributed by atoms with van der Waals surface area (Å²) in [5, 5.41) is 9.39. The van der Waals surface area contributed by atoms with Crippen LogP contribution in [-0.2, 0) is 0 Å². The minimum Gasteiger partial charge on any atom is -0.398 e. The van der Waals surface area contributed by atoms with Crippen LogP contribution in [0.15, 0.2) is 23.1 Å². The Kier molecular flexibility index (Phi) is 4.05. The van der Waals surface area contributed by atoms with E-state index in [-0.39, 0.29) is 0 Å². The van der Waals surface area contributed by atoms with Crippen LogP contribution in [0.5, 0.6) is 0 Å². The molecule has 1 aromatic carbocycles. The maximum absolute atomic E-state index is 8.85. The molecule has 0 heterocycles. The van der Waals surface area contributed by atoms with E-state index < -0.39 is 0 Å². The first kappa shape index (κ1) is 11.9. The highest BCUT2D eigenvalue weighted by Crippen LogP contribution is 2.29. The second-order valence-electron chi connectivity index (χ2n) is 3.93. The summed E-state index contributed by atoms with van der Waals surface area (Å²) >= 11 is 1.78. The Labute approximate surface area is 95.5 Å². The predicted molar refractivity (Wildman–Crippen MR) is 65.7 cm³/mol. The number of benzene rings is 1. The maximum Gasteiger partial charge on any atom is 0.101 e. The average Bonchev–Trinajstić information content (AvgIpc) is 2.20. The Morgan fingerprint density at radius 2 is 2.00 bits per heavy atom. The van der Waals surface area contributed by atoms with Crippen molar-refractivity contribution < 1.29 is 0 Å². The number of hydrogen-bond donors (Lipinski definition) is 1. The molecule has 0 spiro atoms. The van der Waals surface area contributed by atoms with E-state index in [4.69, 9.17) is 11.0 Å². The summed E-state index contributed by atoms with van der Waals surface area (Å²) in [4.78, 5) is 1.11. The molecule has 0 amide bonds. The molecule has 0 aliphatic rings. The molecule has 80 valence electrons. The molecule has 0 aliphatic carbocycles. The zero-order chi connectivity index (χ0) is 11.4. The Morgan fingerprint density at radius 3 is 2.53 bits per heavy atom. The van der Waals surface area contributed by atoms with Crippen LogP contribution in [0.4, 0.5) is 5.69 Å². The van der Waals surface area contributed by atoms with E-state index in [9.17, 15) is 0 Å². The lowest BCUT2D eigenvalue weighted by Crippen LogP contribution is -2.05. The molecule has 0 aliphatic heterocycles. The fourth-order valence-corrected chi connectivity index (χ4v) is 2.09. The van der Waals surface area contributed by atoms with Gasteiger partial charge < -0.3 is 5.73 Å². The largest absolute Gasteiger partial charge is 0.398 e. The van der Waals surface area contributed by atoms with Crippen molar-refractivity contribution >= 4 is 17.4 Å². The fraction of sp³-hybridized carbons (Fsp3) is 0.417. The first-order valence-electron chi connectivity index (χ1n) is 5.01. The topological polar surface area (TPSA) is 49.8 Å². The van der Waals surface area contributed by atoms with Gasteiger partial charge in [0.15, 0.2) is 0 Å². The Balaban J connectivity index is 2.84. The normalized spacial score (nSPS) is 12.5. The Hall–Kier alpha value is -1.14. The van der Waals surface area contributed by atoms with Gasteiger partial charge in [-0.05, 0) is 24.1 Å². The first-order valence-corrected chi connectivity index (χ1v) is 5.89. The predicted octanol–water partition coefficient (Wildman–Crippen LogP) is 3.28. The number of nitrogens with zero attached hydrogens (tertiary/aromatic N) is 1. The highest BCUT2D eigenvalue weighted by Gasteiger charge is 2.09. The summed E-state index contributed by atoms with van der Waals surface area (Å²) in [6.45, 7) is 6.58. The summed E-state index contributed by atoms with van der Waals surface area (Å²) < 4.78 is 0. The summed E-state index contributed by atoms with van der Waals surface area (Å²) in [5.41, 5.74) is 6.78. The summed E-state index contributed by atoms with van der Waals surface area (Å²) in [6.07, 6.45) is 0. The Bertz CT molecular complexity index is 380. The quantitative estimate of drug-likeness (QED) is 0.628. The molecule has 0 fully saturated rings. The average molecular weight is 220 g/mol. The number of nitriles is 1. The van der Waals surface area contributed by atoms with Gasteiger partial charge in [-0.15, -0.1) is 11.8 Å². The third-order valence-corrected chi connectivity index (χ3v) is 3.85. The van der Waals surface area contributed by atoms with Crippen LogP contribution < -0.4 is 5.73 Å². The summed E-state index contributed by atoms with van der Waals surface area (Å²) in [7, 11) is 0. The van der Waals surface area contributed by atoms with Gasteiger partial charge >= 0.3 is 0 Å². The van der Waals surface area contributed by atoms with Gasteiger partial charge in [0.1, 0.15) is 6.07 Å². The van der Waals surface area contributed by atoms with Crippen LogP contribution in [0.1, 0.15) is 26.3 Å². The van der Waals surface area contributed by atoms with Gasteiger partial charge in [-0.1, -0.05) is 20.8 Å². The molecule has 2 N–H and O–H groups in total. The number of anilines is 1. The molecule has 3 heteroatoms. The third kappa shape index (κ3) is 3.17. The van der Waals surface area contributed by atoms with E-state index >= 15 is 0 Å². The summed E-state index contributed by atoms with van der Waals surface area (Å²) in [5.74, 6) is 0.623. The number of rotatable bonds is 3. The van der Waals surface area contributed by atoms with Gasteiger partial charge in [0, 0.05) is 15.8 Å². The highest BCUT2D eigenvalue weighted by atomic mass is 32.2. The highest BCUT2D eigenvalue weighted by molar-refractivity contribution is 8.00. The van der Waals surface area contributed by atoms with Crippen molar-refractivity contribution in [1.29, 1.82) is 5.26 Å². The van der Waals surface area contributed by atoms with Gasteiger partial charge in [-0.3, -0.25) is 0 Å². The molecule has 1 atom stereocenters. The fourth-order valence-electron chi connectivity index (χ4n) is 1.06. The number of hydrogen-bond acceptors (Lipinski definition) is 3. The second-order valence-corrected chi connectivity index (χ2v) is 5.38. The van der Waals surface area contributed by atoms with Crippen molar-refractivity contribution in [1.82, 2.24) is 0 Å². The molecule has 1 unspecified atom stereocenters. The molecular formula is C12H16N2S. The summed E-state index contributed by atoms with van der Waals surface area (Å²) in [6, 6.07) is 7.73. The van der Waals surface area contributed by atoms with E-state index in [1.54, 1.807) is 17.8 Å². The molecule has 0 bridgehead atoms. The van der Waals surface area contributed by atoms with E-state index in [0.29, 0.717) is 22.4 Å².